The van der Waals surface area contributed by atoms with Gasteiger partial charge in [-0.05, 0) is 93.8 Å². The average molecular weight is 531 g/mol. The van der Waals surface area contributed by atoms with Crippen molar-refractivity contribution in [1.29, 1.82) is 0 Å². The Morgan fingerprint density at radius 3 is 2.61 bits per heavy atom. The van der Waals surface area contributed by atoms with Gasteiger partial charge in [0.2, 0.25) is 5.88 Å². The number of pyridine rings is 1. The summed E-state index contributed by atoms with van der Waals surface area (Å²) < 4.78 is 9.86. The number of para-hydroxylation sites is 1. The molecule has 1 aromatic heterocycles. The van der Waals surface area contributed by atoms with Crippen molar-refractivity contribution in [2.24, 2.45) is 0 Å². The van der Waals surface area contributed by atoms with E-state index in [1.165, 1.54) is 16.7 Å². The number of ether oxygens (including phenoxy) is 1. The molecule has 7 heteroatoms. The van der Waals surface area contributed by atoms with Crippen LogP contribution in [0.2, 0.25) is 0 Å². The predicted molar refractivity (Wildman–Crippen MR) is 155 cm³/mol. The van der Waals surface area contributed by atoms with E-state index in [-0.39, 0.29) is 23.7 Å². The maximum Gasteiger partial charge on any atom is 0.257 e. The molecule has 3 heterocycles. The number of rotatable bonds is 7. The summed E-state index contributed by atoms with van der Waals surface area (Å²) in [5, 5.41) is 3.65. The Labute approximate surface area is 230 Å². The zero-order chi connectivity index (χ0) is 26.9. The Hall–Kier alpha value is -3.03. The van der Waals surface area contributed by atoms with Gasteiger partial charge in [-0.2, -0.15) is 0 Å². The first kappa shape index (κ1) is 26.6. The predicted octanol–water partition coefficient (Wildman–Crippen LogP) is 6.83. The topological polar surface area (TPSA) is 66.5 Å². The molecule has 5 rings (SSSR count). The first-order valence-corrected chi connectivity index (χ1v) is 14.4. The second kappa shape index (κ2) is 11.0. The number of anilines is 1. The van der Waals surface area contributed by atoms with Crippen molar-refractivity contribution in [3.8, 4) is 5.88 Å². The standard InChI is InChI=1S/C31H38N4O2S/c1-6-22-12-14-24(15-13-22)38-34-26-18-31(4,5)37-29-25(26)17-23(19-32-29)30(36)35-16-8-11-27(35)33-28-20(2)9-7-10-21(28)3/h7,9-10,12-15,17,19,26-27,33-34H,6,8,11,16,18H2,1-5H3. The summed E-state index contributed by atoms with van der Waals surface area (Å²) in [6.45, 7) is 11.3. The largest absolute Gasteiger partial charge is 0.471 e. The Morgan fingerprint density at radius 1 is 1.16 bits per heavy atom. The summed E-state index contributed by atoms with van der Waals surface area (Å²) in [7, 11) is 0. The Balaban J connectivity index is 1.36. The molecular weight excluding hydrogens is 492 g/mol. The molecule has 2 aromatic carbocycles. The summed E-state index contributed by atoms with van der Waals surface area (Å²) in [6.07, 6.45) is 5.34. The van der Waals surface area contributed by atoms with Gasteiger partial charge in [0.05, 0.1) is 11.6 Å². The van der Waals surface area contributed by atoms with Crippen molar-refractivity contribution >= 4 is 23.5 Å². The first-order valence-electron chi connectivity index (χ1n) is 13.6. The van der Waals surface area contributed by atoms with Crippen LogP contribution < -0.4 is 14.8 Å². The highest BCUT2D eigenvalue weighted by atomic mass is 32.2. The number of carbonyl (C=O) groups is 1. The first-order chi connectivity index (χ1) is 18.2. The van der Waals surface area contributed by atoms with E-state index in [0.29, 0.717) is 11.4 Å². The van der Waals surface area contributed by atoms with Crippen LogP contribution in [0.1, 0.15) is 78.7 Å². The summed E-state index contributed by atoms with van der Waals surface area (Å²) in [5.74, 6) is 0.608. The number of fused-ring (bicyclic) bond motifs is 1. The zero-order valence-corrected chi connectivity index (χ0v) is 23.8. The van der Waals surface area contributed by atoms with Gasteiger partial charge in [-0.3, -0.25) is 9.52 Å². The summed E-state index contributed by atoms with van der Waals surface area (Å²) in [5.41, 5.74) is 6.00. The van der Waals surface area contributed by atoms with Gasteiger partial charge < -0.3 is 15.0 Å². The number of hydrogen-bond donors (Lipinski definition) is 2. The second-order valence-electron chi connectivity index (χ2n) is 11.0. The van der Waals surface area contributed by atoms with Crippen LogP contribution in [0.4, 0.5) is 5.69 Å². The molecule has 2 unspecified atom stereocenters. The van der Waals surface area contributed by atoms with E-state index in [0.717, 1.165) is 48.4 Å². The number of carbonyl (C=O) groups excluding carboxylic acids is 1. The number of amides is 1. The van der Waals surface area contributed by atoms with Gasteiger partial charge in [0.1, 0.15) is 11.8 Å². The number of nitrogens with one attached hydrogen (secondary N) is 2. The van der Waals surface area contributed by atoms with E-state index in [2.05, 4.69) is 92.1 Å². The maximum atomic E-state index is 13.8. The van der Waals surface area contributed by atoms with Gasteiger partial charge in [0, 0.05) is 35.3 Å². The van der Waals surface area contributed by atoms with Gasteiger partial charge in [-0.15, -0.1) is 0 Å². The Bertz CT molecular complexity index is 1290. The molecule has 1 amide bonds. The van der Waals surface area contributed by atoms with Gasteiger partial charge in [-0.1, -0.05) is 37.3 Å². The van der Waals surface area contributed by atoms with Crippen LogP contribution in [-0.2, 0) is 6.42 Å². The molecule has 0 saturated carbocycles. The molecule has 6 nitrogen and oxygen atoms in total. The van der Waals surface area contributed by atoms with E-state index in [9.17, 15) is 4.79 Å². The fourth-order valence-electron chi connectivity index (χ4n) is 5.40. The molecule has 0 bridgehead atoms. The fourth-order valence-corrected chi connectivity index (χ4v) is 6.16. The van der Waals surface area contributed by atoms with Gasteiger partial charge in [0.25, 0.3) is 5.91 Å². The molecule has 0 radical (unpaired) electrons. The smallest absolute Gasteiger partial charge is 0.257 e. The quantitative estimate of drug-likeness (QED) is 0.326. The van der Waals surface area contributed by atoms with E-state index >= 15 is 0 Å². The third-order valence-corrected chi connectivity index (χ3v) is 8.44. The van der Waals surface area contributed by atoms with E-state index in [1.807, 2.05) is 11.0 Å². The van der Waals surface area contributed by atoms with E-state index < -0.39 is 0 Å². The maximum absolute atomic E-state index is 13.8. The van der Waals surface area contributed by atoms with Crippen LogP contribution in [-0.4, -0.2) is 34.1 Å². The lowest BCUT2D eigenvalue weighted by molar-refractivity contribution is 0.0641. The highest BCUT2D eigenvalue weighted by molar-refractivity contribution is 7.97. The van der Waals surface area contributed by atoms with Crippen molar-refractivity contribution in [3.05, 3.63) is 82.5 Å². The van der Waals surface area contributed by atoms with Crippen molar-refractivity contribution < 1.29 is 9.53 Å². The van der Waals surface area contributed by atoms with Crippen LogP contribution in [0.15, 0.2) is 59.6 Å². The van der Waals surface area contributed by atoms with Gasteiger partial charge in [0.15, 0.2) is 0 Å². The molecular formula is C31H38N4O2S. The molecule has 2 N–H and O–H groups in total. The van der Waals surface area contributed by atoms with Crippen LogP contribution in [0, 0.1) is 13.8 Å². The van der Waals surface area contributed by atoms with Crippen molar-refractivity contribution in [1.82, 2.24) is 14.6 Å². The number of benzene rings is 2. The average Bonchev–Trinajstić information content (AvgIpc) is 3.37. The monoisotopic (exact) mass is 530 g/mol. The van der Waals surface area contributed by atoms with Crippen molar-refractivity contribution in [2.75, 3.05) is 11.9 Å². The molecule has 2 aliphatic rings. The van der Waals surface area contributed by atoms with Crippen molar-refractivity contribution in [2.45, 2.75) is 83.0 Å². The molecule has 0 aliphatic carbocycles. The third kappa shape index (κ3) is 5.69. The van der Waals surface area contributed by atoms with Crippen LogP contribution >= 0.6 is 11.9 Å². The number of likely N-dealkylation sites (tertiary alicyclic amines) is 1. The normalized spacial score (nSPS) is 20.1. The molecule has 1 saturated heterocycles. The summed E-state index contributed by atoms with van der Waals surface area (Å²) >= 11 is 1.62. The molecule has 2 aliphatic heterocycles. The Morgan fingerprint density at radius 2 is 1.89 bits per heavy atom. The molecule has 0 spiro atoms. The third-order valence-electron chi connectivity index (χ3n) is 7.53. The minimum atomic E-state index is -0.356. The lowest BCUT2D eigenvalue weighted by Crippen LogP contribution is -2.41. The number of aryl methyl sites for hydroxylation is 3. The minimum absolute atomic E-state index is 0.00645. The molecule has 200 valence electrons. The lowest BCUT2D eigenvalue weighted by atomic mass is 9.91. The number of aromatic nitrogens is 1. The number of hydrogen-bond acceptors (Lipinski definition) is 6. The van der Waals surface area contributed by atoms with Crippen LogP contribution in [0.25, 0.3) is 0 Å². The molecule has 3 aromatic rings. The minimum Gasteiger partial charge on any atom is -0.471 e. The van der Waals surface area contributed by atoms with Gasteiger partial charge >= 0.3 is 0 Å². The van der Waals surface area contributed by atoms with E-state index in [4.69, 9.17) is 4.74 Å². The highest BCUT2D eigenvalue weighted by Gasteiger charge is 2.36. The second-order valence-corrected chi connectivity index (χ2v) is 11.9. The van der Waals surface area contributed by atoms with E-state index in [1.54, 1.807) is 18.1 Å². The highest BCUT2D eigenvalue weighted by Crippen LogP contribution is 2.40. The summed E-state index contributed by atoms with van der Waals surface area (Å²) in [4.78, 5) is 21.5. The summed E-state index contributed by atoms with van der Waals surface area (Å²) in [6, 6.07) is 16.9. The molecule has 38 heavy (non-hydrogen) atoms. The lowest BCUT2D eigenvalue weighted by Gasteiger charge is -2.37. The SMILES string of the molecule is CCc1ccc(SNC2CC(C)(C)Oc3ncc(C(=O)N4CCCC4Nc4c(C)cccc4C)cc32)cc1. The zero-order valence-electron chi connectivity index (χ0n) is 23.0. The number of nitrogens with zero attached hydrogens (tertiary/aromatic N) is 2. The molecule has 2 atom stereocenters. The van der Waals surface area contributed by atoms with Crippen LogP contribution in [0.5, 0.6) is 5.88 Å². The fraction of sp³-hybridized carbons (Fsp3) is 0.419. The van der Waals surface area contributed by atoms with Gasteiger partial charge in [-0.25, -0.2) is 4.98 Å². The van der Waals surface area contributed by atoms with Crippen molar-refractivity contribution in [3.63, 3.8) is 0 Å². The van der Waals surface area contributed by atoms with Crippen LogP contribution in [0.3, 0.4) is 0 Å². The molecule has 1 fully saturated rings. The Kier molecular flexibility index (Phi) is 7.68.